The number of rotatable bonds is 5. The molecule has 0 aliphatic heterocycles. The van der Waals surface area contributed by atoms with E-state index in [1.807, 2.05) is 6.92 Å². The molecule has 6 nitrogen and oxygen atoms in total. The Hall–Kier alpha value is -1.27. The van der Waals surface area contributed by atoms with Crippen molar-refractivity contribution in [1.29, 1.82) is 0 Å². The Kier molecular flexibility index (Phi) is 11.5. The number of Topliss-reactive ketones (excluding diaryl/α,β-unsaturated/α-hetero) is 1. The van der Waals surface area contributed by atoms with E-state index < -0.39 is 24.1 Å². The number of ketones is 1. The lowest BCUT2D eigenvalue weighted by Crippen LogP contribution is -2.20. The Labute approximate surface area is 107 Å². The number of carbonyl (C=O) groups excluding carboxylic acids is 3. The van der Waals surface area contributed by atoms with E-state index in [4.69, 9.17) is 10.2 Å². The molecule has 0 aromatic heterocycles. The van der Waals surface area contributed by atoms with E-state index >= 15 is 0 Å². The summed E-state index contributed by atoms with van der Waals surface area (Å²) in [5.74, 6) is -1.38. The summed E-state index contributed by atoms with van der Waals surface area (Å²) in [5, 5.41) is 17.3. The topological polar surface area (TPSA) is 101 Å². The third-order valence-electron chi connectivity index (χ3n) is 1.91. The van der Waals surface area contributed by atoms with Crippen molar-refractivity contribution < 1.29 is 29.3 Å². The lowest BCUT2D eigenvalue weighted by atomic mass is 10.2. The Morgan fingerprint density at radius 2 is 1.61 bits per heavy atom. The molecule has 0 saturated carbocycles. The molecule has 18 heavy (non-hydrogen) atoms. The molecular weight excluding hydrogens is 240 g/mol. The van der Waals surface area contributed by atoms with Crippen molar-refractivity contribution in [2.75, 3.05) is 0 Å². The van der Waals surface area contributed by atoms with Gasteiger partial charge in [-0.25, -0.2) is 0 Å². The normalized spacial score (nSPS) is 12.8. The summed E-state index contributed by atoms with van der Waals surface area (Å²) in [5.41, 5.74) is 0. The zero-order valence-electron chi connectivity index (χ0n) is 11.3. The summed E-state index contributed by atoms with van der Waals surface area (Å²) in [6.07, 6.45) is -0.386. The molecule has 106 valence electrons. The Morgan fingerprint density at radius 3 is 1.83 bits per heavy atom. The van der Waals surface area contributed by atoms with Gasteiger partial charge in [0.15, 0.2) is 0 Å². The van der Waals surface area contributed by atoms with Crippen molar-refractivity contribution in [3.63, 3.8) is 0 Å². The van der Waals surface area contributed by atoms with Crippen LogP contribution in [0.4, 0.5) is 0 Å². The second kappa shape index (κ2) is 10.9. The molecule has 6 heteroatoms. The number of hydrogen-bond donors (Lipinski definition) is 2. The van der Waals surface area contributed by atoms with Crippen LogP contribution in [0.1, 0.15) is 47.0 Å². The second-order valence-electron chi connectivity index (χ2n) is 3.88. The van der Waals surface area contributed by atoms with Gasteiger partial charge in [0.1, 0.15) is 5.78 Å². The van der Waals surface area contributed by atoms with Gasteiger partial charge in [-0.3, -0.25) is 9.59 Å². The first-order valence-corrected chi connectivity index (χ1v) is 5.77. The maximum absolute atomic E-state index is 10.6. The summed E-state index contributed by atoms with van der Waals surface area (Å²) >= 11 is 0. The van der Waals surface area contributed by atoms with Crippen LogP contribution in [0.15, 0.2) is 0 Å². The van der Waals surface area contributed by atoms with Crippen molar-refractivity contribution in [3.05, 3.63) is 0 Å². The molecule has 2 unspecified atom stereocenters. The smallest absolute Gasteiger partial charge is 0.313 e. The lowest BCUT2D eigenvalue weighted by Gasteiger charge is -2.08. The summed E-state index contributed by atoms with van der Waals surface area (Å²) < 4.78 is 4.17. The summed E-state index contributed by atoms with van der Waals surface area (Å²) in [7, 11) is 0. The third kappa shape index (κ3) is 14.7. The monoisotopic (exact) mass is 262 g/mol. The molecule has 0 rings (SSSR count). The van der Waals surface area contributed by atoms with Crippen LogP contribution < -0.4 is 0 Å². The molecule has 0 heterocycles. The highest BCUT2D eigenvalue weighted by Crippen LogP contribution is 1.94. The maximum atomic E-state index is 10.6. The third-order valence-corrected chi connectivity index (χ3v) is 1.91. The minimum absolute atomic E-state index is 0.0189. The Morgan fingerprint density at radius 1 is 1.11 bits per heavy atom. The van der Waals surface area contributed by atoms with Crippen molar-refractivity contribution >= 4 is 17.7 Å². The molecule has 0 saturated heterocycles. The highest BCUT2D eigenvalue weighted by Gasteiger charge is 2.06. The molecular formula is C12H22O6. The molecule has 0 spiro atoms. The summed E-state index contributed by atoms with van der Waals surface area (Å²) in [6, 6.07) is 0. The fourth-order valence-electron chi connectivity index (χ4n) is 0.831. The van der Waals surface area contributed by atoms with E-state index in [0.29, 0.717) is 6.42 Å². The fraction of sp³-hybridized carbons (Fsp3) is 0.750. The standard InChI is InChI=1S/C7H10O4.C5H12O2/c1-5(8)3-4-7(10)11-6(2)9;1-3-5(7)4(2)6/h3-4H2,1-2H3;4-7H,3H2,1-2H3. The Balaban J connectivity index is 0. The van der Waals surface area contributed by atoms with Crippen molar-refractivity contribution in [2.45, 2.75) is 59.2 Å². The summed E-state index contributed by atoms with van der Waals surface area (Å²) in [4.78, 5) is 31.1. The lowest BCUT2D eigenvalue weighted by molar-refractivity contribution is -0.158. The van der Waals surface area contributed by atoms with Gasteiger partial charge in [0, 0.05) is 13.3 Å². The molecule has 2 N–H and O–H groups in total. The predicted octanol–water partition coefficient (Wildman–Crippen LogP) is 0.583. The number of ether oxygens (including phenoxy) is 1. The van der Waals surface area contributed by atoms with Gasteiger partial charge < -0.3 is 19.7 Å². The number of aliphatic hydroxyl groups excluding tert-OH is 2. The molecule has 0 aromatic carbocycles. The number of carbonyl (C=O) groups is 3. The number of esters is 2. The van der Waals surface area contributed by atoms with Crippen LogP contribution in [0.3, 0.4) is 0 Å². The number of aliphatic hydroxyl groups is 2. The second-order valence-corrected chi connectivity index (χ2v) is 3.88. The number of hydrogen-bond acceptors (Lipinski definition) is 6. The van der Waals surface area contributed by atoms with Crippen LogP contribution in [0.5, 0.6) is 0 Å². The maximum Gasteiger partial charge on any atom is 0.313 e. The average Bonchev–Trinajstić information content (AvgIpc) is 2.25. The molecule has 0 fully saturated rings. The van der Waals surface area contributed by atoms with Crippen LogP contribution >= 0.6 is 0 Å². The van der Waals surface area contributed by atoms with E-state index in [2.05, 4.69) is 4.74 Å². The first-order chi connectivity index (χ1) is 8.20. The van der Waals surface area contributed by atoms with Gasteiger partial charge in [0.05, 0.1) is 18.6 Å². The molecule has 0 aliphatic rings. The largest absolute Gasteiger partial charge is 0.393 e. The van der Waals surface area contributed by atoms with E-state index in [0.717, 1.165) is 6.92 Å². The quantitative estimate of drug-likeness (QED) is 0.555. The molecule has 0 aliphatic carbocycles. The SMILES string of the molecule is CC(=O)CCC(=O)OC(C)=O.CCC(O)C(C)O. The summed E-state index contributed by atoms with van der Waals surface area (Å²) in [6.45, 7) is 5.93. The van der Waals surface area contributed by atoms with Crippen molar-refractivity contribution in [2.24, 2.45) is 0 Å². The first kappa shape index (κ1) is 19.1. The van der Waals surface area contributed by atoms with Gasteiger partial charge in [0.2, 0.25) is 0 Å². The molecule has 0 bridgehead atoms. The Bertz CT molecular complexity index is 272. The van der Waals surface area contributed by atoms with E-state index in [9.17, 15) is 14.4 Å². The zero-order valence-corrected chi connectivity index (χ0v) is 11.3. The van der Waals surface area contributed by atoms with Gasteiger partial charge in [-0.05, 0) is 20.3 Å². The van der Waals surface area contributed by atoms with Gasteiger partial charge in [-0.15, -0.1) is 0 Å². The predicted molar refractivity (Wildman–Crippen MR) is 64.7 cm³/mol. The van der Waals surface area contributed by atoms with Gasteiger partial charge in [-0.1, -0.05) is 6.92 Å². The zero-order chi connectivity index (χ0) is 14.7. The van der Waals surface area contributed by atoms with Crippen LogP contribution in [0.25, 0.3) is 0 Å². The molecule has 0 aromatic rings. The van der Waals surface area contributed by atoms with Crippen LogP contribution in [-0.4, -0.2) is 40.1 Å². The first-order valence-electron chi connectivity index (χ1n) is 5.77. The molecule has 2 atom stereocenters. The average molecular weight is 262 g/mol. The minimum atomic E-state index is -0.646. The van der Waals surface area contributed by atoms with Crippen molar-refractivity contribution in [3.8, 4) is 0 Å². The van der Waals surface area contributed by atoms with Gasteiger partial charge >= 0.3 is 11.9 Å². The van der Waals surface area contributed by atoms with Crippen LogP contribution in [0, 0.1) is 0 Å². The van der Waals surface area contributed by atoms with Gasteiger partial charge in [0.25, 0.3) is 0 Å². The molecule has 0 amide bonds. The molecule has 0 radical (unpaired) electrons. The van der Waals surface area contributed by atoms with Crippen LogP contribution in [0.2, 0.25) is 0 Å². The van der Waals surface area contributed by atoms with Crippen molar-refractivity contribution in [1.82, 2.24) is 0 Å². The van der Waals surface area contributed by atoms with E-state index in [1.165, 1.54) is 6.92 Å². The minimum Gasteiger partial charge on any atom is -0.393 e. The fourth-order valence-corrected chi connectivity index (χ4v) is 0.831. The highest BCUT2D eigenvalue weighted by molar-refractivity contribution is 5.87. The van der Waals surface area contributed by atoms with E-state index in [-0.39, 0.29) is 18.6 Å². The highest BCUT2D eigenvalue weighted by atomic mass is 16.6. The van der Waals surface area contributed by atoms with Crippen LogP contribution in [-0.2, 0) is 19.1 Å². The van der Waals surface area contributed by atoms with E-state index in [1.54, 1.807) is 6.92 Å². The van der Waals surface area contributed by atoms with Gasteiger partial charge in [-0.2, -0.15) is 0 Å².